The van der Waals surface area contributed by atoms with Gasteiger partial charge in [-0.15, -0.1) is 0 Å². The second-order valence-electron chi connectivity index (χ2n) is 5.83. The van der Waals surface area contributed by atoms with E-state index in [1.54, 1.807) is 6.20 Å². The van der Waals surface area contributed by atoms with E-state index < -0.39 is 0 Å². The highest BCUT2D eigenvalue weighted by Crippen LogP contribution is 2.18. The van der Waals surface area contributed by atoms with Crippen molar-refractivity contribution >= 4 is 5.91 Å². The summed E-state index contributed by atoms with van der Waals surface area (Å²) in [6, 6.07) is 8.64. The van der Waals surface area contributed by atoms with Crippen LogP contribution in [0.2, 0.25) is 0 Å². The quantitative estimate of drug-likeness (QED) is 0.890. The topological polar surface area (TPSA) is 58.1 Å². The summed E-state index contributed by atoms with van der Waals surface area (Å²) in [6.45, 7) is 4.50. The predicted molar refractivity (Wildman–Crippen MR) is 91.4 cm³/mol. The molecule has 0 radical (unpaired) electrons. The number of benzene rings is 1. The largest absolute Gasteiger partial charge is 0.349 e. The van der Waals surface area contributed by atoms with Gasteiger partial charge >= 0.3 is 0 Å². The Morgan fingerprint density at radius 1 is 1.17 bits per heavy atom. The Balaban J connectivity index is 2.04. The van der Waals surface area contributed by atoms with E-state index in [1.165, 1.54) is 17.3 Å². The lowest BCUT2D eigenvalue weighted by molar-refractivity contribution is 0.0936. The third-order valence-corrected chi connectivity index (χ3v) is 3.87. The van der Waals surface area contributed by atoms with Gasteiger partial charge in [-0.25, -0.2) is 4.98 Å². The Bertz CT molecular complexity index is 635. The minimum absolute atomic E-state index is 0.114. The summed E-state index contributed by atoms with van der Waals surface area (Å²) in [6.07, 6.45) is 4.13. The van der Waals surface area contributed by atoms with Gasteiger partial charge in [0.2, 0.25) is 0 Å². The number of likely N-dealkylation sites (N-methyl/N-ethyl adjacent to an activating group) is 1. The molecule has 0 aliphatic carbocycles. The van der Waals surface area contributed by atoms with Crippen LogP contribution in [0, 0.1) is 6.92 Å². The van der Waals surface area contributed by atoms with Gasteiger partial charge < -0.3 is 10.2 Å². The lowest BCUT2D eigenvalue weighted by atomic mass is 10.0. The van der Waals surface area contributed by atoms with Gasteiger partial charge in [-0.05, 0) is 38.6 Å². The molecule has 1 N–H and O–H groups in total. The van der Waals surface area contributed by atoms with Crippen molar-refractivity contribution in [2.24, 2.45) is 0 Å². The van der Waals surface area contributed by atoms with Gasteiger partial charge in [0.05, 0.1) is 17.9 Å². The van der Waals surface area contributed by atoms with Crippen LogP contribution in [0.4, 0.5) is 0 Å². The standard InChI is InChI=1S/C18H24N4O/c1-5-14-6-8-15(9-7-14)17(22(3)4)12-21-18(23)16-11-19-13(2)10-20-16/h6-11,17H,5,12H2,1-4H3,(H,21,23). The molecule has 23 heavy (non-hydrogen) atoms. The molecule has 0 aliphatic heterocycles. The second-order valence-corrected chi connectivity index (χ2v) is 5.83. The van der Waals surface area contributed by atoms with Crippen LogP contribution in [-0.4, -0.2) is 41.4 Å². The average Bonchev–Trinajstić information content (AvgIpc) is 2.55. The average molecular weight is 312 g/mol. The molecule has 1 atom stereocenters. The van der Waals surface area contributed by atoms with Crippen LogP contribution in [0.5, 0.6) is 0 Å². The molecule has 2 aromatic rings. The van der Waals surface area contributed by atoms with Crippen LogP contribution < -0.4 is 5.32 Å². The first-order chi connectivity index (χ1) is 11.0. The Morgan fingerprint density at radius 2 is 1.87 bits per heavy atom. The smallest absolute Gasteiger partial charge is 0.271 e. The van der Waals surface area contributed by atoms with E-state index in [0.717, 1.165) is 12.1 Å². The van der Waals surface area contributed by atoms with Crippen LogP contribution in [-0.2, 0) is 6.42 Å². The molecule has 5 heteroatoms. The first-order valence-electron chi connectivity index (χ1n) is 7.83. The monoisotopic (exact) mass is 312 g/mol. The molecule has 5 nitrogen and oxygen atoms in total. The zero-order chi connectivity index (χ0) is 16.8. The van der Waals surface area contributed by atoms with Gasteiger partial charge in [-0.1, -0.05) is 31.2 Å². The highest BCUT2D eigenvalue weighted by atomic mass is 16.1. The maximum Gasteiger partial charge on any atom is 0.271 e. The van der Waals surface area contributed by atoms with Crippen molar-refractivity contribution in [3.8, 4) is 0 Å². The van der Waals surface area contributed by atoms with Crippen molar-refractivity contribution in [3.63, 3.8) is 0 Å². The van der Waals surface area contributed by atoms with Gasteiger partial charge in [0, 0.05) is 12.7 Å². The Kier molecular flexibility index (Phi) is 5.82. The third kappa shape index (κ3) is 4.60. The summed E-state index contributed by atoms with van der Waals surface area (Å²) >= 11 is 0. The minimum atomic E-state index is -0.200. The molecule has 0 spiro atoms. The summed E-state index contributed by atoms with van der Waals surface area (Å²) in [7, 11) is 4.02. The highest BCUT2D eigenvalue weighted by Gasteiger charge is 2.16. The van der Waals surface area contributed by atoms with Gasteiger partial charge in [0.1, 0.15) is 5.69 Å². The molecule has 0 saturated carbocycles. The Hall–Kier alpha value is -2.27. The van der Waals surface area contributed by atoms with E-state index in [-0.39, 0.29) is 11.9 Å². The van der Waals surface area contributed by atoms with Crippen molar-refractivity contribution in [2.75, 3.05) is 20.6 Å². The number of aromatic nitrogens is 2. The van der Waals surface area contributed by atoms with E-state index in [9.17, 15) is 4.79 Å². The number of carbonyl (C=O) groups is 1. The minimum Gasteiger partial charge on any atom is -0.349 e. The first-order valence-corrected chi connectivity index (χ1v) is 7.83. The Morgan fingerprint density at radius 3 is 2.39 bits per heavy atom. The van der Waals surface area contributed by atoms with Crippen LogP contribution in [0.25, 0.3) is 0 Å². The molecule has 0 saturated heterocycles. The summed E-state index contributed by atoms with van der Waals surface area (Å²) in [4.78, 5) is 22.5. The normalized spacial score (nSPS) is 12.2. The lowest BCUT2D eigenvalue weighted by Crippen LogP contribution is -2.35. The highest BCUT2D eigenvalue weighted by molar-refractivity contribution is 5.91. The summed E-state index contributed by atoms with van der Waals surface area (Å²) in [5.41, 5.74) is 3.63. The van der Waals surface area contributed by atoms with E-state index in [1.807, 2.05) is 21.0 Å². The summed E-state index contributed by atoms with van der Waals surface area (Å²) in [5, 5.41) is 2.94. The zero-order valence-electron chi connectivity index (χ0n) is 14.2. The van der Waals surface area contributed by atoms with Gasteiger partial charge in [0.15, 0.2) is 0 Å². The number of carbonyl (C=O) groups excluding carboxylic acids is 1. The maximum atomic E-state index is 12.2. The van der Waals surface area contributed by atoms with Gasteiger partial charge in [-0.2, -0.15) is 0 Å². The molecule has 0 bridgehead atoms. The SMILES string of the molecule is CCc1ccc(C(CNC(=O)c2cnc(C)cn2)N(C)C)cc1. The van der Waals surface area contributed by atoms with E-state index >= 15 is 0 Å². The van der Waals surface area contributed by atoms with E-state index in [0.29, 0.717) is 12.2 Å². The zero-order valence-corrected chi connectivity index (χ0v) is 14.2. The molecule has 1 amide bonds. The molecule has 1 unspecified atom stereocenters. The van der Waals surface area contributed by atoms with Gasteiger partial charge in [0.25, 0.3) is 5.91 Å². The number of rotatable bonds is 6. The lowest BCUT2D eigenvalue weighted by Gasteiger charge is -2.25. The molecule has 1 heterocycles. The molecule has 2 rings (SSSR count). The molecule has 1 aromatic carbocycles. The van der Waals surface area contributed by atoms with Crippen molar-refractivity contribution in [1.82, 2.24) is 20.2 Å². The molecule has 1 aromatic heterocycles. The number of nitrogens with zero attached hydrogens (tertiary/aromatic N) is 3. The molecule has 122 valence electrons. The van der Waals surface area contributed by atoms with Crippen LogP contribution in [0.3, 0.4) is 0 Å². The van der Waals surface area contributed by atoms with Crippen molar-refractivity contribution in [3.05, 3.63) is 59.2 Å². The second kappa shape index (κ2) is 7.83. The predicted octanol–water partition coefficient (Wildman–Crippen LogP) is 2.38. The number of hydrogen-bond acceptors (Lipinski definition) is 4. The molecule has 0 fully saturated rings. The number of amides is 1. The van der Waals surface area contributed by atoms with Crippen LogP contribution in [0.15, 0.2) is 36.7 Å². The van der Waals surface area contributed by atoms with Crippen LogP contribution >= 0.6 is 0 Å². The van der Waals surface area contributed by atoms with Gasteiger partial charge in [-0.3, -0.25) is 9.78 Å². The molecular weight excluding hydrogens is 288 g/mol. The number of aryl methyl sites for hydroxylation is 2. The molecule has 0 aliphatic rings. The fourth-order valence-electron chi connectivity index (χ4n) is 2.36. The fourth-order valence-corrected chi connectivity index (χ4v) is 2.36. The number of hydrogen-bond donors (Lipinski definition) is 1. The maximum absolute atomic E-state index is 12.2. The Labute approximate surface area is 137 Å². The van der Waals surface area contributed by atoms with Crippen LogP contribution in [0.1, 0.15) is 40.3 Å². The fraction of sp³-hybridized carbons (Fsp3) is 0.389. The summed E-state index contributed by atoms with van der Waals surface area (Å²) in [5.74, 6) is -0.200. The summed E-state index contributed by atoms with van der Waals surface area (Å²) < 4.78 is 0. The van der Waals surface area contributed by atoms with E-state index in [4.69, 9.17) is 0 Å². The molecular formula is C18H24N4O. The van der Waals surface area contributed by atoms with Crippen molar-refractivity contribution < 1.29 is 4.79 Å². The van der Waals surface area contributed by atoms with E-state index in [2.05, 4.69) is 51.4 Å². The van der Waals surface area contributed by atoms with Crippen molar-refractivity contribution in [1.29, 1.82) is 0 Å². The number of nitrogens with one attached hydrogen (secondary N) is 1. The third-order valence-electron chi connectivity index (χ3n) is 3.87. The first kappa shape index (κ1) is 17.1. The van der Waals surface area contributed by atoms with Crippen molar-refractivity contribution in [2.45, 2.75) is 26.3 Å².